The molecular weight excluding hydrogens is 420 g/mol. The standard InChI is InChI=1S/C26H22N2O5/c1-3-32-26(30)18-8-12-19(13-9-18)28-24(29)21-6-4-5-7-22(21)25-27-16-23(33-25)17-10-14-20(31-2)15-11-17/h4-16H,3H2,1-2H3,(H,28,29). The first kappa shape index (κ1) is 21.8. The molecule has 0 aliphatic heterocycles. The fourth-order valence-electron chi connectivity index (χ4n) is 3.26. The highest BCUT2D eigenvalue weighted by atomic mass is 16.5. The Morgan fingerprint density at radius 3 is 2.39 bits per heavy atom. The highest BCUT2D eigenvalue weighted by Crippen LogP contribution is 2.29. The van der Waals surface area contributed by atoms with Crippen LogP contribution in [0.3, 0.4) is 0 Å². The molecule has 0 saturated carbocycles. The Balaban J connectivity index is 1.54. The smallest absolute Gasteiger partial charge is 0.338 e. The highest BCUT2D eigenvalue weighted by Gasteiger charge is 2.17. The number of esters is 1. The first-order chi connectivity index (χ1) is 16.1. The third-order valence-electron chi connectivity index (χ3n) is 4.94. The van der Waals surface area contributed by atoms with Gasteiger partial charge in [0.15, 0.2) is 5.76 Å². The summed E-state index contributed by atoms with van der Waals surface area (Å²) >= 11 is 0. The maximum absolute atomic E-state index is 13.0. The lowest BCUT2D eigenvalue weighted by atomic mass is 10.1. The SMILES string of the molecule is CCOC(=O)c1ccc(NC(=O)c2ccccc2-c2ncc(-c3ccc(OC)cc3)o2)cc1. The van der Waals surface area contributed by atoms with Crippen molar-refractivity contribution in [2.24, 2.45) is 0 Å². The molecule has 7 nitrogen and oxygen atoms in total. The summed E-state index contributed by atoms with van der Waals surface area (Å²) in [6.45, 7) is 2.05. The van der Waals surface area contributed by atoms with Gasteiger partial charge in [-0.25, -0.2) is 9.78 Å². The van der Waals surface area contributed by atoms with E-state index in [1.807, 2.05) is 30.3 Å². The lowest BCUT2D eigenvalue weighted by Gasteiger charge is -2.09. The van der Waals surface area contributed by atoms with E-state index < -0.39 is 5.97 Å². The molecule has 0 aliphatic carbocycles. The third kappa shape index (κ3) is 4.93. The van der Waals surface area contributed by atoms with E-state index in [2.05, 4.69) is 10.3 Å². The zero-order valence-electron chi connectivity index (χ0n) is 18.2. The molecule has 1 N–H and O–H groups in total. The molecule has 3 aromatic carbocycles. The van der Waals surface area contributed by atoms with Crippen molar-refractivity contribution >= 4 is 17.6 Å². The summed E-state index contributed by atoms with van der Waals surface area (Å²) in [4.78, 5) is 29.2. The lowest BCUT2D eigenvalue weighted by molar-refractivity contribution is 0.0526. The minimum absolute atomic E-state index is 0.301. The minimum atomic E-state index is -0.405. The third-order valence-corrected chi connectivity index (χ3v) is 4.94. The number of carbonyl (C=O) groups excluding carboxylic acids is 2. The van der Waals surface area contributed by atoms with Crippen LogP contribution < -0.4 is 10.1 Å². The lowest BCUT2D eigenvalue weighted by Crippen LogP contribution is -2.13. The predicted molar refractivity (Wildman–Crippen MR) is 124 cm³/mol. The van der Waals surface area contributed by atoms with Crippen molar-refractivity contribution in [2.75, 3.05) is 19.0 Å². The Labute approximate surface area is 191 Å². The van der Waals surface area contributed by atoms with Gasteiger partial charge in [0, 0.05) is 16.8 Å². The van der Waals surface area contributed by atoms with Crippen LogP contribution in [0, 0.1) is 0 Å². The van der Waals surface area contributed by atoms with E-state index in [-0.39, 0.29) is 5.91 Å². The van der Waals surface area contributed by atoms with Crippen molar-refractivity contribution in [3.63, 3.8) is 0 Å². The van der Waals surface area contributed by atoms with E-state index in [4.69, 9.17) is 13.9 Å². The van der Waals surface area contributed by atoms with Gasteiger partial charge >= 0.3 is 5.97 Å². The molecule has 1 amide bonds. The van der Waals surface area contributed by atoms with E-state index in [0.29, 0.717) is 40.6 Å². The van der Waals surface area contributed by atoms with Gasteiger partial charge in [-0.15, -0.1) is 0 Å². The summed E-state index contributed by atoms with van der Waals surface area (Å²) in [5.74, 6) is 0.938. The molecule has 4 aromatic rings. The summed E-state index contributed by atoms with van der Waals surface area (Å²) in [6, 6.07) is 21.0. The molecule has 1 aromatic heterocycles. The fourth-order valence-corrected chi connectivity index (χ4v) is 3.26. The number of hydrogen-bond donors (Lipinski definition) is 1. The summed E-state index contributed by atoms with van der Waals surface area (Å²) in [5, 5.41) is 2.84. The molecule has 0 fully saturated rings. The Morgan fingerprint density at radius 2 is 1.70 bits per heavy atom. The Hall–Kier alpha value is -4.39. The van der Waals surface area contributed by atoms with Crippen molar-refractivity contribution in [1.29, 1.82) is 0 Å². The maximum Gasteiger partial charge on any atom is 0.338 e. The van der Waals surface area contributed by atoms with E-state index in [1.54, 1.807) is 62.7 Å². The van der Waals surface area contributed by atoms with Gasteiger partial charge in [0.1, 0.15) is 5.75 Å². The van der Waals surface area contributed by atoms with Gasteiger partial charge in [-0.1, -0.05) is 12.1 Å². The Kier molecular flexibility index (Phi) is 6.50. The van der Waals surface area contributed by atoms with Crippen molar-refractivity contribution in [3.05, 3.63) is 90.1 Å². The number of carbonyl (C=O) groups is 2. The number of ether oxygens (including phenoxy) is 2. The van der Waals surface area contributed by atoms with E-state index in [9.17, 15) is 9.59 Å². The summed E-state index contributed by atoms with van der Waals surface area (Å²) in [5.41, 5.74) is 2.79. The van der Waals surface area contributed by atoms with Crippen LogP contribution in [0.15, 0.2) is 83.4 Å². The van der Waals surface area contributed by atoms with Crippen LogP contribution in [0.4, 0.5) is 5.69 Å². The number of nitrogens with zero attached hydrogens (tertiary/aromatic N) is 1. The monoisotopic (exact) mass is 442 g/mol. The zero-order valence-corrected chi connectivity index (χ0v) is 18.2. The summed E-state index contributed by atoms with van der Waals surface area (Å²) in [7, 11) is 1.61. The van der Waals surface area contributed by atoms with Crippen LogP contribution in [0.5, 0.6) is 5.75 Å². The van der Waals surface area contributed by atoms with Crippen LogP contribution in [-0.2, 0) is 4.74 Å². The minimum Gasteiger partial charge on any atom is -0.497 e. The van der Waals surface area contributed by atoms with Gasteiger partial charge in [-0.2, -0.15) is 0 Å². The van der Waals surface area contributed by atoms with E-state index in [0.717, 1.165) is 11.3 Å². The Morgan fingerprint density at radius 1 is 0.970 bits per heavy atom. The average Bonchev–Trinajstić information content (AvgIpc) is 3.35. The number of oxazole rings is 1. The number of anilines is 1. The maximum atomic E-state index is 13.0. The van der Waals surface area contributed by atoms with Crippen LogP contribution in [-0.4, -0.2) is 30.6 Å². The van der Waals surface area contributed by atoms with Crippen molar-refractivity contribution < 1.29 is 23.5 Å². The van der Waals surface area contributed by atoms with Gasteiger partial charge in [-0.3, -0.25) is 4.79 Å². The Bertz CT molecular complexity index is 1260. The van der Waals surface area contributed by atoms with Crippen molar-refractivity contribution in [1.82, 2.24) is 4.98 Å². The molecule has 0 bridgehead atoms. The number of aromatic nitrogens is 1. The van der Waals surface area contributed by atoms with Crippen LogP contribution in [0.2, 0.25) is 0 Å². The van der Waals surface area contributed by atoms with Crippen molar-refractivity contribution in [3.8, 4) is 28.5 Å². The summed E-state index contributed by atoms with van der Waals surface area (Å²) < 4.78 is 16.1. The predicted octanol–water partition coefficient (Wildman–Crippen LogP) is 5.45. The van der Waals surface area contributed by atoms with Crippen LogP contribution in [0.25, 0.3) is 22.8 Å². The first-order valence-corrected chi connectivity index (χ1v) is 10.4. The highest BCUT2D eigenvalue weighted by molar-refractivity contribution is 6.08. The van der Waals surface area contributed by atoms with Crippen molar-refractivity contribution in [2.45, 2.75) is 6.92 Å². The number of nitrogens with one attached hydrogen (secondary N) is 1. The summed E-state index contributed by atoms with van der Waals surface area (Å²) in [6.07, 6.45) is 1.62. The number of rotatable bonds is 7. The fraction of sp³-hybridized carbons (Fsp3) is 0.115. The molecule has 7 heteroatoms. The van der Waals surface area contributed by atoms with Gasteiger partial charge in [0.25, 0.3) is 5.91 Å². The zero-order chi connectivity index (χ0) is 23.2. The topological polar surface area (TPSA) is 90.7 Å². The van der Waals surface area contributed by atoms with Crippen LogP contribution >= 0.6 is 0 Å². The molecule has 0 radical (unpaired) electrons. The molecule has 0 atom stereocenters. The van der Waals surface area contributed by atoms with Gasteiger partial charge < -0.3 is 19.2 Å². The molecule has 33 heavy (non-hydrogen) atoms. The second kappa shape index (κ2) is 9.82. The first-order valence-electron chi connectivity index (χ1n) is 10.4. The second-order valence-corrected chi connectivity index (χ2v) is 7.06. The van der Waals surface area contributed by atoms with Gasteiger partial charge in [0.05, 0.1) is 31.0 Å². The average molecular weight is 442 g/mol. The quantitative estimate of drug-likeness (QED) is 0.383. The van der Waals surface area contributed by atoms with Gasteiger partial charge in [-0.05, 0) is 67.6 Å². The molecule has 166 valence electrons. The number of methoxy groups -OCH3 is 1. The van der Waals surface area contributed by atoms with Crippen LogP contribution in [0.1, 0.15) is 27.6 Å². The largest absolute Gasteiger partial charge is 0.497 e. The normalized spacial score (nSPS) is 10.5. The second-order valence-electron chi connectivity index (χ2n) is 7.06. The van der Waals surface area contributed by atoms with Gasteiger partial charge in [0.2, 0.25) is 5.89 Å². The van der Waals surface area contributed by atoms with E-state index >= 15 is 0 Å². The molecule has 0 saturated heterocycles. The molecule has 0 aliphatic rings. The number of amides is 1. The molecule has 0 spiro atoms. The molecule has 0 unspecified atom stereocenters. The molecule has 4 rings (SSSR count). The molecular formula is C26H22N2O5. The van der Waals surface area contributed by atoms with E-state index in [1.165, 1.54) is 0 Å². The number of hydrogen-bond acceptors (Lipinski definition) is 6. The molecule has 1 heterocycles. The number of benzene rings is 3.